The fourth-order valence-electron chi connectivity index (χ4n) is 2.94. The van der Waals surface area contributed by atoms with Crippen LogP contribution in [0.2, 0.25) is 11.9 Å². The molecule has 1 aromatic carbocycles. The van der Waals surface area contributed by atoms with E-state index in [1.165, 1.54) is 3.58 Å². The van der Waals surface area contributed by atoms with Crippen LogP contribution in [0.3, 0.4) is 0 Å². The van der Waals surface area contributed by atoms with E-state index >= 15 is 0 Å². The van der Waals surface area contributed by atoms with Crippen LogP contribution in [0.1, 0.15) is 41.5 Å². The maximum absolute atomic E-state index is 6.38. The molecule has 0 aromatic heterocycles. The molecule has 0 heterocycles. The Bertz CT molecular complexity index is 344. The van der Waals surface area contributed by atoms with Crippen molar-refractivity contribution in [2.24, 2.45) is 0 Å². The molecular weight excluding hydrogens is 322 g/mol. The standard InChI is InChI=1S/C6H4Cl.2C4H9.Sn.H/c7-6-4-2-1-3-5-6;2*1-4(2)3;;/h1-4H;2*1-3H3;;. The fourth-order valence-corrected chi connectivity index (χ4v) is 18.5. The van der Waals surface area contributed by atoms with Crippen molar-refractivity contribution in [3.05, 3.63) is 29.3 Å². The second kappa shape index (κ2) is 4.89. The normalized spacial score (nSPS) is 13.2. The van der Waals surface area contributed by atoms with E-state index in [1.54, 1.807) is 0 Å². The van der Waals surface area contributed by atoms with Gasteiger partial charge in [0.05, 0.1) is 0 Å². The van der Waals surface area contributed by atoms with Gasteiger partial charge in [0.2, 0.25) is 0 Å². The minimum absolute atomic E-state index is 0.422. The van der Waals surface area contributed by atoms with E-state index in [-0.39, 0.29) is 0 Å². The van der Waals surface area contributed by atoms with Crippen LogP contribution >= 0.6 is 11.6 Å². The van der Waals surface area contributed by atoms with Gasteiger partial charge in [0.1, 0.15) is 0 Å². The van der Waals surface area contributed by atoms with Crippen LogP contribution in [0.4, 0.5) is 0 Å². The molecule has 0 spiro atoms. The number of halogens is 1. The van der Waals surface area contributed by atoms with E-state index in [2.05, 4.69) is 53.7 Å². The molecule has 90 valence electrons. The van der Waals surface area contributed by atoms with Gasteiger partial charge in [-0.3, -0.25) is 0 Å². The van der Waals surface area contributed by atoms with Crippen molar-refractivity contribution in [1.82, 2.24) is 0 Å². The van der Waals surface area contributed by atoms with E-state index in [9.17, 15) is 0 Å². The van der Waals surface area contributed by atoms with Gasteiger partial charge >= 0.3 is 113 Å². The molecule has 0 N–H and O–H groups in total. The first-order chi connectivity index (χ1) is 7.14. The zero-order valence-electron chi connectivity index (χ0n) is 11.3. The Morgan fingerprint density at radius 2 is 1.31 bits per heavy atom. The van der Waals surface area contributed by atoms with Gasteiger partial charge in [-0.15, -0.1) is 0 Å². The van der Waals surface area contributed by atoms with Crippen molar-refractivity contribution in [2.45, 2.75) is 48.4 Å². The molecule has 16 heavy (non-hydrogen) atoms. The van der Waals surface area contributed by atoms with Gasteiger partial charge in [0, 0.05) is 0 Å². The number of hydrogen-bond donors (Lipinski definition) is 0. The average Bonchev–Trinajstić information content (AvgIpc) is 2.03. The minimum atomic E-state index is -1.96. The molecule has 1 rings (SSSR count). The third-order valence-electron chi connectivity index (χ3n) is 2.95. The van der Waals surface area contributed by atoms with Gasteiger partial charge < -0.3 is 0 Å². The average molecular weight is 346 g/mol. The summed E-state index contributed by atoms with van der Waals surface area (Å²) in [6.45, 7) is 14.3. The van der Waals surface area contributed by atoms with Gasteiger partial charge in [0.25, 0.3) is 0 Å². The summed E-state index contributed by atoms with van der Waals surface area (Å²) in [5, 5.41) is 0.980. The summed E-state index contributed by atoms with van der Waals surface area (Å²) in [7, 11) is 0. The molecule has 0 radical (unpaired) electrons. The second-order valence-electron chi connectivity index (χ2n) is 6.69. The summed E-state index contributed by atoms with van der Waals surface area (Å²) >= 11 is 4.43. The Kier molecular flexibility index (Phi) is 4.39. The summed E-state index contributed by atoms with van der Waals surface area (Å²) in [5.41, 5.74) is 0. The van der Waals surface area contributed by atoms with Gasteiger partial charge in [-0.05, 0) is 0 Å². The molecule has 0 nitrogen and oxygen atoms in total. The molecule has 0 atom stereocenters. The summed E-state index contributed by atoms with van der Waals surface area (Å²) in [5.74, 6) is 0. The quantitative estimate of drug-likeness (QED) is 0.663. The number of hydrogen-bond acceptors (Lipinski definition) is 0. The predicted molar refractivity (Wildman–Crippen MR) is 77.7 cm³/mol. The summed E-state index contributed by atoms with van der Waals surface area (Å²) in [6.07, 6.45) is 0. The molecule has 0 bridgehead atoms. The van der Waals surface area contributed by atoms with Crippen molar-refractivity contribution in [2.75, 3.05) is 0 Å². The van der Waals surface area contributed by atoms with Crippen LogP contribution in [-0.2, 0) is 0 Å². The molecule has 2 heteroatoms. The third-order valence-corrected chi connectivity index (χ3v) is 16.9. The Balaban J connectivity index is 3.29. The molecule has 0 saturated carbocycles. The van der Waals surface area contributed by atoms with Gasteiger partial charge in [-0.1, -0.05) is 0 Å². The zero-order chi connectivity index (χ0) is 12.6. The van der Waals surface area contributed by atoms with Crippen molar-refractivity contribution in [1.29, 1.82) is 0 Å². The summed E-state index contributed by atoms with van der Waals surface area (Å²) < 4.78 is 2.32. The SMILES string of the molecule is C[C](C)(C)[SnH]([c]1ccccc1Cl)[C](C)(C)C. The topological polar surface area (TPSA) is 0 Å². The first kappa shape index (κ1) is 14.4. The van der Waals surface area contributed by atoms with Crippen molar-refractivity contribution in [3.63, 3.8) is 0 Å². The summed E-state index contributed by atoms with van der Waals surface area (Å²) in [4.78, 5) is 0. The molecular formula is C14H23ClSn. The Hall–Kier alpha value is 0.309. The Labute approximate surface area is 112 Å². The first-order valence-electron chi connectivity index (χ1n) is 5.88. The van der Waals surface area contributed by atoms with Crippen LogP contribution in [0.5, 0.6) is 0 Å². The summed E-state index contributed by atoms with van der Waals surface area (Å²) in [6, 6.07) is 8.45. The fraction of sp³-hybridized carbons (Fsp3) is 0.571. The molecule has 0 aliphatic heterocycles. The van der Waals surface area contributed by atoms with Crippen molar-refractivity contribution >= 4 is 34.9 Å². The van der Waals surface area contributed by atoms with E-state index in [4.69, 9.17) is 11.6 Å². The molecule has 0 amide bonds. The van der Waals surface area contributed by atoms with Crippen LogP contribution in [0.15, 0.2) is 24.3 Å². The number of benzene rings is 1. The monoisotopic (exact) mass is 346 g/mol. The first-order valence-corrected chi connectivity index (χ1v) is 11.2. The van der Waals surface area contributed by atoms with E-state index in [1.807, 2.05) is 12.1 Å². The van der Waals surface area contributed by atoms with Crippen molar-refractivity contribution < 1.29 is 0 Å². The molecule has 0 fully saturated rings. The van der Waals surface area contributed by atoms with Crippen LogP contribution in [0, 0.1) is 0 Å². The molecule has 0 saturated heterocycles. The molecule has 0 aliphatic rings. The van der Waals surface area contributed by atoms with E-state index in [0.717, 1.165) is 5.02 Å². The van der Waals surface area contributed by atoms with E-state index in [0.29, 0.717) is 6.86 Å². The third kappa shape index (κ3) is 3.40. The number of rotatable bonds is 1. The van der Waals surface area contributed by atoms with Crippen LogP contribution < -0.4 is 3.58 Å². The molecule has 0 aliphatic carbocycles. The second-order valence-corrected chi connectivity index (χ2v) is 21.2. The van der Waals surface area contributed by atoms with Gasteiger partial charge in [-0.2, -0.15) is 0 Å². The zero-order valence-corrected chi connectivity index (χ0v) is 15.3. The van der Waals surface area contributed by atoms with Gasteiger partial charge in [0.15, 0.2) is 0 Å². The predicted octanol–water partition coefficient (Wildman–Crippen LogP) is 4.37. The maximum atomic E-state index is 6.38. The molecule has 0 unspecified atom stereocenters. The Morgan fingerprint density at radius 3 is 1.69 bits per heavy atom. The van der Waals surface area contributed by atoms with Crippen molar-refractivity contribution in [3.8, 4) is 0 Å². The van der Waals surface area contributed by atoms with Gasteiger partial charge in [-0.25, -0.2) is 0 Å². The Morgan fingerprint density at radius 1 is 0.875 bits per heavy atom. The van der Waals surface area contributed by atoms with Crippen LogP contribution in [-0.4, -0.2) is 19.8 Å². The van der Waals surface area contributed by atoms with Crippen LogP contribution in [0.25, 0.3) is 0 Å². The van der Waals surface area contributed by atoms with E-state index < -0.39 is 19.8 Å². The molecule has 1 aromatic rings.